The predicted molar refractivity (Wildman–Crippen MR) is 68.1 cm³/mol. The van der Waals surface area contributed by atoms with Crippen LogP contribution in [-0.4, -0.2) is 10.8 Å². The van der Waals surface area contributed by atoms with Crippen molar-refractivity contribution in [3.05, 3.63) is 34.1 Å². The molecule has 1 aromatic rings. The van der Waals surface area contributed by atoms with Crippen LogP contribution in [0.15, 0.2) is 18.2 Å². The van der Waals surface area contributed by atoms with Crippen LogP contribution in [0.3, 0.4) is 0 Å². The molecule has 1 fully saturated rings. The lowest BCUT2D eigenvalue weighted by molar-refractivity contribution is -0.384. The largest absolute Gasteiger partial charge is 0.319 e. The molecule has 0 spiro atoms. The predicted octanol–water partition coefficient (Wildman–Crippen LogP) is 2.61. The quantitative estimate of drug-likeness (QED) is 0.678. The number of carbonyl (C=O) groups excluding carboxylic acids is 1. The Labute approximate surface area is 114 Å². The number of halogens is 1. The molecule has 0 bridgehead atoms. The summed E-state index contributed by atoms with van der Waals surface area (Å²) < 4.78 is 13.2. The zero-order valence-electron chi connectivity index (χ0n) is 10.7. The zero-order valence-corrected chi connectivity index (χ0v) is 10.7. The van der Waals surface area contributed by atoms with Gasteiger partial charge in [0, 0.05) is 12.1 Å². The van der Waals surface area contributed by atoms with Crippen molar-refractivity contribution in [2.75, 3.05) is 5.32 Å². The lowest BCUT2D eigenvalue weighted by Crippen LogP contribution is -2.45. The fourth-order valence-corrected chi connectivity index (χ4v) is 2.47. The van der Waals surface area contributed by atoms with Gasteiger partial charge in [-0.15, -0.1) is 0 Å². The molecule has 104 valence electrons. The van der Waals surface area contributed by atoms with Crippen LogP contribution < -0.4 is 5.32 Å². The molecule has 7 heteroatoms. The molecule has 20 heavy (non-hydrogen) atoms. The topological polar surface area (TPSA) is 96.0 Å². The average Bonchev–Trinajstić information content (AvgIpc) is 2.34. The van der Waals surface area contributed by atoms with Crippen LogP contribution in [0.4, 0.5) is 15.8 Å². The van der Waals surface area contributed by atoms with Gasteiger partial charge in [-0.1, -0.05) is 6.92 Å². The first-order valence-corrected chi connectivity index (χ1v) is 6.04. The Hall–Kier alpha value is -2.49. The number of nitrogens with one attached hydrogen (secondary N) is 1. The van der Waals surface area contributed by atoms with Crippen molar-refractivity contribution in [3.63, 3.8) is 0 Å². The number of anilines is 1. The van der Waals surface area contributed by atoms with Crippen LogP contribution >= 0.6 is 0 Å². The summed E-state index contributed by atoms with van der Waals surface area (Å²) in [7, 11) is 0. The number of hydrogen-bond donors (Lipinski definition) is 1. The highest BCUT2D eigenvalue weighted by molar-refractivity contribution is 5.99. The maximum absolute atomic E-state index is 13.2. The minimum Gasteiger partial charge on any atom is -0.319 e. The molecule has 0 aromatic heterocycles. The molecule has 0 radical (unpaired) electrons. The van der Waals surface area contributed by atoms with Crippen molar-refractivity contribution in [1.29, 1.82) is 5.26 Å². The summed E-state index contributed by atoms with van der Waals surface area (Å²) in [5.41, 5.74) is -1.80. The fraction of sp³-hybridized carbons (Fsp3) is 0.385. The second kappa shape index (κ2) is 4.89. The summed E-state index contributed by atoms with van der Waals surface area (Å²) in [6.45, 7) is 1.91. The molecule has 1 aromatic carbocycles. The van der Waals surface area contributed by atoms with Crippen LogP contribution in [0.25, 0.3) is 0 Å². The van der Waals surface area contributed by atoms with Crippen molar-refractivity contribution in [2.45, 2.75) is 19.8 Å². The van der Waals surface area contributed by atoms with E-state index in [1.165, 1.54) is 0 Å². The van der Waals surface area contributed by atoms with Gasteiger partial charge in [0.2, 0.25) is 5.91 Å². The minimum absolute atomic E-state index is 0.228. The lowest BCUT2D eigenvalue weighted by atomic mass is 9.63. The molecule has 1 aliphatic carbocycles. The van der Waals surface area contributed by atoms with Crippen molar-refractivity contribution < 1.29 is 14.1 Å². The van der Waals surface area contributed by atoms with Gasteiger partial charge >= 0.3 is 0 Å². The highest BCUT2D eigenvalue weighted by Gasteiger charge is 2.49. The number of nitriles is 1. The van der Waals surface area contributed by atoms with Gasteiger partial charge in [0.05, 0.1) is 11.0 Å². The summed E-state index contributed by atoms with van der Waals surface area (Å²) in [5, 5.41) is 22.3. The Bertz CT molecular complexity index is 618. The number of rotatable bonds is 3. The van der Waals surface area contributed by atoms with Crippen LogP contribution in [0.5, 0.6) is 0 Å². The van der Waals surface area contributed by atoms with Crippen molar-refractivity contribution in [1.82, 2.24) is 0 Å². The first kappa shape index (κ1) is 13.9. The van der Waals surface area contributed by atoms with Gasteiger partial charge in [-0.25, -0.2) is 4.39 Å². The van der Waals surface area contributed by atoms with Gasteiger partial charge in [0.1, 0.15) is 16.9 Å². The van der Waals surface area contributed by atoms with Gasteiger partial charge in [0.25, 0.3) is 5.69 Å². The molecular formula is C13H12FN3O3. The Morgan fingerprint density at radius 1 is 1.60 bits per heavy atom. The molecule has 0 saturated heterocycles. The van der Waals surface area contributed by atoms with E-state index in [4.69, 9.17) is 5.26 Å². The third-order valence-corrected chi connectivity index (χ3v) is 3.45. The van der Waals surface area contributed by atoms with E-state index in [2.05, 4.69) is 5.32 Å². The van der Waals surface area contributed by atoms with E-state index in [9.17, 15) is 19.3 Å². The smallest absolute Gasteiger partial charge is 0.292 e. The number of amides is 1. The summed E-state index contributed by atoms with van der Waals surface area (Å²) in [4.78, 5) is 22.2. The maximum Gasteiger partial charge on any atom is 0.292 e. The van der Waals surface area contributed by atoms with Crippen molar-refractivity contribution in [3.8, 4) is 6.07 Å². The van der Waals surface area contributed by atoms with Crippen molar-refractivity contribution in [2.24, 2.45) is 11.3 Å². The van der Waals surface area contributed by atoms with Crippen LogP contribution in [0, 0.1) is 38.6 Å². The number of carbonyl (C=O) groups is 1. The van der Waals surface area contributed by atoms with Crippen LogP contribution in [-0.2, 0) is 4.79 Å². The Morgan fingerprint density at radius 2 is 2.25 bits per heavy atom. The van der Waals surface area contributed by atoms with Crippen LogP contribution in [0.1, 0.15) is 19.8 Å². The third kappa shape index (κ3) is 2.32. The molecule has 0 aliphatic heterocycles. The molecule has 0 unspecified atom stereocenters. The Kier molecular flexibility index (Phi) is 3.40. The number of nitro groups is 1. The molecule has 6 nitrogen and oxygen atoms in total. The summed E-state index contributed by atoms with van der Waals surface area (Å²) >= 11 is 0. The molecule has 0 heterocycles. The Morgan fingerprint density at radius 3 is 2.75 bits per heavy atom. The SMILES string of the molecule is CC1CC(C#N)(C(=O)Nc2cc(F)ccc2[N+](=O)[O-])C1. The molecular weight excluding hydrogens is 265 g/mol. The van der Waals surface area contributed by atoms with E-state index in [-0.39, 0.29) is 11.6 Å². The number of nitrogens with zero attached hydrogens (tertiary/aromatic N) is 2. The lowest BCUT2D eigenvalue weighted by Gasteiger charge is -2.39. The second-order valence-corrected chi connectivity index (χ2v) is 5.08. The molecule has 1 aliphatic rings. The maximum atomic E-state index is 13.2. The number of benzene rings is 1. The summed E-state index contributed by atoms with van der Waals surface area (Å²) in [5.74, 6) is -1.06. The van der Waals surface area contributed by atoms with Gasteiger partial charge in [0.15, 0.2) is 0 Å². The van der Waals surface area contributed by atoms with Gasteiger partial charge in [-0.3, -0.25) is 14.9 Å². The van der Waals surface area contributed by atoms with E-state index < -0.39 is 27.8 Å². The zero-order chi connectivity index (χ0) is 14.9. The van der Waals surface area contributed by atoms with Gasteiger partial charge in [-0.05, 0) is 24.8 Å². The highest BCUT2D eigenvalue weighted by Crippen LogP contribution is 2.46. The first-order chi connectivity index (χ1) is 9.38. The fourth-order valence-electron chi connectivity index (χ4n) is 2.47. The van der Waals surface area contributed by atoms with Crippen LogP contribution in [0.2, 0.25) is 0 Å². The third-order valence-electron chi connectivity index (χ3n) is 3.45. The molecule has 0 atom stereocenters. The van der Waals surface area contributed by atoms with Gasteiger partial charge in [-0.2, -0.15) is 5.26 Å². The highest BCUT2D eigenvalue weighted by atomic mass is 19.1. The standard InChI is InChI=1S/C13H12FN3O3/c1-8-5-13(6-8,7-15)12(18)16-10-4-9(14)2-3-11(10)17(19)20/h2-4,8H,5-6H2,1H3,(H,16,18). The van der Waals surface area contributed by atoms with E-state index in [1.807, 2.05) is 13.0 Å². The monoisotopic (exact) mass is 277 g/mol. The number of nitro benzene ring substituents is 1. The second-order valence-electron chi connectivity index (χ2n) is 5.08. The molecule has 1 saturated carbocycles. The van der Waals surface area contributed by atoms with Crippen molar-refractivity contribution >= 4 is 17.3 Å². The average molecular weight is 277 g/mol. The Balaban J connectivity index is 2.26. The van der Waals surface area contributed by atoms with E-state index in [1.54, 1.807) is 0 Å². The molecule has 1 amide bonds. The molecule has 2 rings (SSSR count). The normalized spacial score (nSPS) is 24.4. The summed E-state index contributed by atoms with van der Waals surface area (Å²) in [6.07, 6.45) is 0.802. The molecule has 1 N–H and O–H groups in total. The number of hydrogen-bond acceptors (Lipinski definition) is 4. The van der Waals surface area contributed by atoms with E-state index >= 15 is 0 Å². The minimum atomic E-state index is -1.17. The first-order valence-electron chi connectivity index (χ1n) is 6.04. The van der Waals surface area contributed by atoms with Gasteiger partial charge < -0.3 is 5.32 Å². The summed E-state index contributed by atoms with van der Waals surface area (Å²) in [6, 6.07) is 4.75. The van der Waals surface area contributed by atoms with E-state index in [0.717, 1.165) is 18.2 Å². The van der Waals surface area contributed by atoms with E-state index in [0.29, 0.717) is 12.8 Å².